The number of hydrogen-bond donors (Lipinski definition) is 1. The SMILES string of the molecule is CCC(=O)c1ccc(N(C)CC(=O)O)c([N+](=O)[O-])c1. The van der Waals surface area contributed by atoms with Crippen LogP contribution in [0.3, 0.4) is 0 Å². The maximum Gasteiger partial charge on any atom is 0.323 e. The number of benzene rings is 1. The molecule has 0 atom stereocenters. The number of nitro benzene ring substituents is 1. The number of carbonyl (C=O) groups is 2. The monoisotopic (exact) mass is 266 g/mol. The van der Waals surface area contributed by atoms with E-state index in [2.05, 4.69) is 0 Å². The maximum absolute atomic E-state index is 11.5. The molecular weight excluding hydrogens is 252 g/mol. The van der Waals surface area contributed by atoms with Crippen LogP contribution in [-0.4, -0.2) is 35.4 Å². The number of anilines is 1. The minimum Gasteiger partial charge on any atom is -0.480 e. The van der Waals surface area contributed by atoms with E-state index in [1.54, 1.807) is 6.92 Å². The van der Waals surface area contributed by atoms with E-state index in [9.17, 15) is 19.7 Å². The average Bonchev–Trinajstić information content (AvgIpc) is 2.36. The molecule has 0 aliphatic heterocycles. The molecule has 0 fully saturated rings. The zero-order chi connectivity index (χ0) is 14.6. The number of carboxylic acid groups (broad SMARTS) is 1. The van der Waals surface area contributed by atoms with Crippen molar-refractivity contribution >= 4 is 23.1 Å². The lowest BCUT2D eigenvalue weighted by Gasteiger charge is -2.16. The third-order valence-corrected chi connectivity index (χ3v) is 2.60. The smallest absolute Gasteiger partial charge is 0.323 e. The molecule has 0 spiro atoms. The quantitative estimate of drug-likeness (QED) is 0.478. The van der Waals surface area contributed by atoms with Crippen molar-refractivity contribution in [1.29, 1.82) is 0 Å². The predicted molar refractivity (Wildman–Crippen MR) is 68.6 cm³/mol. The summed E-state index contributed by atoms with van der Waals surface area (Å²) in [7, 11) is 1.44. The molecule has 1 aromatic rings. The highest BCUT2D eigenvalue weighted by atomic mass is 16.6. The second kappa shape index (κ2) is 5.94. The van der Waals surface area contributed by atoms with Crippen LogP contribution in [0.4, 0.5) is 11.4 Å². The van der Waals surface area contributed by atoms with Crippen LogP contribution in [0.25, 0.3) is 0 Å². The normalized spacial score (nSPS) is 10.0. The number of aliphatic carboxylic acids is 1. The number of rotatable bonds is 6. The standard InChI is InChI=1S/C12H14N2O5/c1-3-11(15)8-4-5-9(10(6-8)14(18)19)13(2)7-12(16)17/h4-6H,3,7H2,1-2H3,(H,16,17). The summed E-state index contributed by atoms with van der Waals surface area (Å²) in [6.45, 7) is 1.31. The molecule has 7 nitrogen and oxygen atoms in total. The number of nitrogens with zero attached hydrogens (tertiary/aromatic N) is 2. The van der Waals surface area contributed by atoms with Crippen molar-refractivity contribution in [2.45, 2.75) is 13.3 Å². The van der Waals surface area contributed by atoms with Gasteiger partial charge in [-0.1, -0.05) is 6.92 Å². The largest absolute Gasteiger partial charge is 0.480 e. The van der Waals surface area contributed by atoms with Crippen molar-refractivity contribution < 1.29 is 19.6 Å². The van der Waals surface area contributed by atoms with Crippen LogP contribution in [0.5, 0.6) is 0 Å². The lowest BCUT2D eigenvalue weighted by atomic mass is 10.1. The van der Waals surface area contributed by atoms with Crippen LogP contribution in [0, 0.1) is 10.1 Å². The van der Waals surface area contributed by atoms with E-state index in [1.165, 1.54) is 30.1 Å². The Morgan fingerprint density at radius 1 is 1.42 bits per heavy atom. The molecule has 0 heterocycles. The summed E-state index contributed by atoms with van der Waals surface area (Å²) in [6.07, 6.45) is 0.251. The molecule has 19 heavy (non-hydrogen) atoms. The molecule has 0 radical (unpaired) electrons. The van der Waals surface area contributed by atoms with Crippen LogP contribution in [0.1, 0.15) is 23.7 Å². The molecule has 0 aliphatic rings. The molecule has 0 saturated heterocycles. The van der Waals surface area contributed by atoms with Gasteiger partial charge >= 0.3 is 5.97 Å². The topological polar surface area (TPSA) is 101 Å². The Hall–Kier alpha value is -2.44. The fraction of sp³-hybridized carbons (Fsp3) is 0.333. The first-order valence-corrected chi connectivity index (χ1v) is 5.61. The van der Waals surface area contributed by atoms with Crippen LogP contribution in [0.2, 0.25) is 0 Å². The summed E-state index contributed by atoms with van der Waals surface area (Å²) in [6, 6.07) is 4.04. The Kier molecular flexibility index (Phi) is 4.57. The first kappa shape index (κ1) is 14.6. The van der Waals surface area contributed by atoms with Crippen molar-refractivity contribution in [3.63, 3.8) is 0 Å². The predicted octanol–water partition coefficient (Wildman–Crippen LogP) is 1.71. The average molecular weight is 266 g/mol. The Morgan fingerprint density at radius 2 is 2.05 bits per heavy atom. The molecule has 0 aliphatic carbocycles. The lowest BCUT2D eigenvalue weighted by Crippen LogP contribution is -2.25. The van der Waals surface area contributed by atoms with Crippen LogP contribution in [0.15, 0.2) is 18.2 Å². The molecule has 1 N–H and O–H groups in total. The van der Waals surface area contributed by atoms with Gasteiger partial charge < -0.3 is 10.0 Å². The zero-order valence-electron chi connectivity index (χ0n) is 10.6. The third-order valence-electron chi connectivity index (χ3n) is 2.60. The van der Waals surface area contributed by atoms with E-state index in [1.807, 2.05) is 0 Å². The van der Waals surface area contributed by atoms with E-state index in [0.29, 0.717) is 0 Å². The summed E-state index contributed by atoms with van der Waals surface area (Å²) < 4.78 is 0. The number of carboxylic acids is 1. The van der Waals surface area contributed by atoms with Gasteiger partial charge in [0.15, 0.2) is 5.78 Å². The summed E-state index contributed by atoms with van der Waals surface area (Å²) in [5.74, 6) is -1.29. The number of ketones is 1. The van der Waals surface area contributed by atoms with Crippen LogP contribution < -0.4 is 4.90 Å². The molecule has 1 rings (SSSR count). The maximum atomic E-state index is 11.5. The lowest BCUT2D eigenvalue weighted by molar-refractivity contribution is -0.384. The minimum atomic E-state index is -1.09. The van der Waals surface area contributed by atoms with E-state index in [-0.39, 0.29) is 35.7 Å². The highest BCUT2D eigenvalue weighted by molar-refractivity contribution is 5.97. The van der Waals surface area contributed by atoms with Gasteiger partial charge in [-0.3, -0.25) is 19.7 Å². The second-order valence-electron chi connectivity index (χ2n) is 3.99. The Bertz CT molecular complexity index is 527. The summed E-state index contributed by atoms with van der Waals surface area (Å²) in [4.78, 5) is 33.8. The number of hydrogen-bond acceptors (Lipinski definition) is 5. The van der Waals surface area contributed by atoms with Gasteiger partial charge in [-0.05, 0) is 12.1 Å². The van der Waals surface area contributed by atoms with Gasteiger partial charge in [0.25, 0.3) is 5.69 Å². The molecule has 102 valence electrons. The molecule has 0 aromatic heterocycles. The fourth-order valence-corrected chi connectivity index (χ4v) is 1.66. The highest BCUT2D eigenvalue weighted by Crippen LogP contribution is 2.28. The number of Topliss-reactive ketones (excluding diaryl/α,β-unsaturated/α-hetero) is 1. The molecule has 0 bridgehead atoms. The Labute approximate surface area is 109 Å². The van der Waals surface area contributed by atoms with Gasteiger partial charge in [0.05, 0.1) is 4.92 Å². The third kappa shape index (κ3) is 3.51. The Balaban J connectivity index is 3.22. The highest BCUT2D eigenvalue weighted by Gasteiger charge is 2.20. The van der Waals surface area contributed by atoms with Crippen molar-refractivity contribution in [1.82, 2.24) is 0 Å². The molecular formula is C12H14N2O5. The molecule has 1 aromatic carbocycles. The number of likely N-dealkylation sites (N-methyl/N-ethyl adjacent to an activating group) is 1. The fourth-order valence-electron chi connectivity index (χ4n) is 1.66. The van der Waals surface area contributed by atoms with Crippen molar-refractivity contribution in [2.75, 3.05) is 18.5 Å². The summed E-state index contributed by atoms with van der Waals surface area (Å²) in [5.41, 5.74) is 0.143. The van der Waals surface area contributed by atoms with Gasteiger partial charge in [-0.25, -0.2) is 0 Å². The number of carbonyl (C=O) groups excluding carboxylic acids is 1. The summed E-state index contributed by atoms with van der Waals surface area (Å²) >= 11 is 0. The van der Waals surface area contributed by atoms with Crippen molar-refractivity contribution in [3.8, 4) is 0 Å². The number of nitro groups is 1. The van der Waals surface area contributed by atoms with E-state index >= 15 is 0 Å². The van der Waals surface area contributed by atoms with Crippen molar-refractivity contribution in [3.05, 3.63) is 33.9 Å². The van der Waals surface area contributed by atoms with E-state index < -0.39 is 10.9 Å². The van der Waals surface area contributed by atoms with Crippen LogP contribution >= 0.6 is 0 Å². The van der Waals surface area contributed by atoms with E-state index in [4.69, 9.17) is 5.11 Å². The summed E-state index contributed by atoms with van der Waals surface area (Å²) in [5, 5.41) is 19.7. The van der Waals surface area contributed by atoms with Crippen LogP contribution in [-0.2, 0) is 4.79 Å². The van der Waals surface area contributed by atoms with Gasteiger partial charge in [-0.15, -0.1) is 0 Å². The zero-order valence-corrected chi connectivity index (χ0v) is 10.6. The van der Waals surface area contributed by atoms with Gasteiger partial charge in [0.2, 0.25) is 0 Å². The first-order valence-electron chi connectivity index (χ1n) is 5.61. The Morgan fingerprint density at radius 3 is 2.53 bits per heavy atom. The molecule has 7 heteroatoms. The van der Waals surface area contributed by atoms with Crippen molar-refractivity contribution in [2.24, 2.45) is 0 Å². The molecule has 0 amide bonds. The van der Waals surface area contributed by atoms with Gasteiger partial charge in [0.1, 0.15) is 12.2 Å². The van der Waals surface area contributed by atoms with Gasteiger partial charge in [-0.2, -0.15) is 0 Å². The van der Waals surface area contributed by atoms with E-state index in [0.717, 1.165) is 0 Å². The molecule has 0 unspecified atom stereocenters. The minimum absolute atomic E-state index is 0.167. The molecule has 0 saturated carbocycles. The second-order valence-corrected chi connectivity index (χ2v) is 3.99. The first-order chi connectivity index (χ1) is 8.86. The van der Waals surface area contributed by atoms with Gasteiger partial charge in [0, 0.05) is 25.1 Å².